The Morgan fingerprint density at radius 3 is 0.913 bits per heavy atom. The molecule has 0 saturated heterocycles. The maximum Gasteiger partial charge on any atom is 0.416 e. The largest absolute Gasteiger partial charge is 0.416 e. The summed E-state index contributed by atoms with van der Waals surface area (Å²) in [7, 11) is -14.6. The second-order valence-electron chi connectivity index (χ2n) is 35.4. The lowest BCUT2D eigenvalue weighted by Gasteiger charge is -2.21. The molecule has 9 heterocycles. The predicted octanol–water partition coefficient (Wildman–Crippen LogP) is 24.8. The number of thiazole rings is 4. The molecule has 0 radical (unpaired) electrons. The first kappa shape index (κ1) is 113. The summed E-state index contributed by atoms with van der Waals surface area (Å²) in [4.78, 5) is 77.7. The topological polar surface area (TPSA) is 330 Å². The van der Waals surface area contributed by atoms with Gasteiger partial charge in [-0.3, -0.25) is 41.4 Å². The number of nitrogens with one attached hydrogen (secondary N) is 4. The van der Waals surface area contributed by atoms with Crippen LogP contribution >= 0.6 is 45.3 Å². The van der Waals surface area contributed by atoms with Gasteiger partial charge in [-0.2, -0.15) is 13.2 Å². The second kappa shape index (κ2) is 47.3. The third-order valence-corrected chi connectivity index (χ3v) is 36.7. The summed E-state index contributed by atoms with van der Waals surface area (Å²) in [6.07, 6.45) is -0.385. The smallest absolute Gasteiger partial charge is 0.302 e. The van der Waals surface area contributed by atoms with Gasteiger partial charge in [0.15, 0.2) is 20.5 Å². The Bertz CT molecular complexity index is 8260. The van der Waals surface area contributed by atoms with Gasteiger partial charge in [0, 0.05) is 79.8 Å². The molecule has 0 aliphatic carbocycles. The minimum Gasteiger partial charge on any atom is -0.302 e. The van der Waals surface area contributed by atoms with E-state index in [1.54, 1.807) is 111 Å². The number of rotatable bonds is 24. The van der Waals surface area contributed by atoms with Crippen molar-refractivity contribution in [1.82, 2.24) is 24.9 Å². The molecule has 4 aliphatic rings. The first-order valence-electron chi connectivity index (χ1n) is 46.5. The van der Waals surface area contributed by atoms with Crippen molar-refractivity contribution in [2.45, 2.75) is 169 Å². The van der Waals surface area contributed by atoms with E-state index in [1.807, 2.05) is 182 Å². The van der Waals surface area contributed by atoms with Gasteiger partial charge in [-0.05, 0) is 258 Å². The third-order valence-electron chi connectivity index (χ3n) is 25.2. The van der Waals surface area contributed by atoms with E-state index < -0.39 is 64.2 Å². The first-order valence-corrected chi connectivity index (χ1v) is 55.6. The zero-order chi connectivity index (χ0) is 103. The Balaban J connectivity index is 0.000000165. The number of nitrogens with zero attached hydrogens (tertiary/aromatic N) is 9. The molecule has 4 aliphatic heterocycles. The van der Waals surface area contributed by atoms with Crippen molar-refractivity contribution in [2.75, 3.05) is 64.7 Å². The molecule has 16 aromatic rings. The van der Waals surface area contributed by atoms with Crippen LogP contribution in [0.5, 0.6) is 0 Å². The average molecular weight is 2180 g/mol. The molecule has 20 rings (SSSR count). The summed E-state index contributed by atoms with van der Waals surface area (Å²) < 4.78 is 166. The Morgan fingerprint density at radius 1 is 0.320 bits per heavy atom. The molecule has 0 bridgehead atoms. The van der Waals surface area contributed by atoms with Gasteiger partial charge >= 0.3 is 6.18 Å². The molecule has 5 aromatic heterocycles. The fourth-order valence-electron chi connectivity index (χ4n) is 18.1. The average Bonchev–Trinajstić information content (AvgIpc) is 1.62. The normalized spacial score (nSPS) is 12.8. The van der Waals surface area contributed by atoms with Crippen LogP contribution < -0.4 is 38.5 Å². The summed E-state index contributed by atoms with van der Waals surface area (Å²) in [5.74, 6) is -1.52. The lowest BCUT2D eigenvalue weighted by Crippen LogP contribution is -2.29. The number of carbonyl (C=O) groups is 4. The molecule has 0 fully saturated rings. The molecule has 37 heteroatoms. The second-order valence-corrected chi connectivity index (χ2v) is 47.5. The summed E-state index contributed by atoms with van der Waals surface area (Å²) in [6, 6.07) is 74.9. The molecule has 0 spiro atoms. The van der Waals surface area contributed by atoms with E-state index in [4.69, 9.17) is 4.98 Å². The number of benzene rings is 11. The number of aryl methyl sites for hydroxylation is 9. The highest BCUT2D eigenvalue weighted by Gasteiger charge is 2.39. The molecule has 4 N–H and O–H groups in total. The number of hydrogen-bond donors (Lipinski definition) is 4. The standard InChI is InChI=1S/C28H24F3N3O3S2.C28H27N3O3S2.C27H24FN3O3S2.C26H24N4O3S2.4CH4/c1-17-7-3-6-10-24(17)39(36,37)34-14-13-20-15-21(11-12-23(20)34)26-18(2)38-27(33-26)32-25(35)16-19-8-4-5-9-22(19)28(29,30)31;1-18-8-4-6-10-21(18)17-26(32)29-28-30-27(20(3)35-28)23-12-13-24-22(16-23)14-15-31(24)36(33,34)25-11-7-5-9-19(25)2;1-17-6-3-4-9-24(17)36(33,34)31-13-12-20-16-21(10-11-23(20)31)26-18(2)35-27(30-26)29-25(32)15-19-7-5-8-22(28)14-19;1-17-7-3-4-9-23(17)35(32,33)30-14-12-19-15-20(10-11-22(19)30)25-18(2)34-26(29-25)28-24(31)16-21-8-5-6-13-27-21;;;;/h3-12,15H,13-14,16H2,1-2H3,(H,32,33,35);4-13,16H,14-15,17H2,1-3H3,(H,29,30,32);3-11,14,16H,12-13,15H2,1-2H3,(H,29,30,32);3-11,13,15H,12,14,16H2,1-2H3,(H,28,29,31);4*1H4. The van der Waals surface area contributed by atoms with Crippen LogP contribution in [0, 0.1) is 68.1 Å². The van der Waals surface area contributed by atoms with E-state index in [1.165, 1.54) is 92.9 Å². The number of anilines is 8. The van der Waals surface area contributed by atoms with Gasteiger partial charge in [-0.25, -0.2) is 58.0 Å². The zero-order valence-corrected chi connectivity index (χ0v) is 87.1. The van der Waals surface area contributed by atoms with Gasteiger partial charge < -0.3 is 21.3 Å². The third kappa shape index (κ3) is 24.9. The number of fused-ring (bicyclic) bond motifs is 4. The monoisotopic (exact) mass is 2180 g/mol. The van der Waals surface area contributed by atoms with E-state index in [0.29, 0.717) is 139 Å². The molecule has 0 saturated carbocycles. The van der Waals surface area contributed by atoms with Crippen molar-refractivity contribution >= 4 is 152 Å². The number of carbonyl (C=O) groups excluding carboxylic acids is 4. The van der Waals surface area contributed by atoms with Crippen LogP contribution in [0.1, 0.15) is 127 Å². The Hall–Kier alpha value is -14.3. The van der Waals surface area contributed by atoms with E-state index >= 15 is 0 Å². The minimum atomic E-state index is -4.55. The highest BCUT2D eigenvalue weighted by molar-refractivity contribution is 7.94. The molecule has 150 heavy (non-hydrogen) atoms. The highest BCUT2D eigenvalue weighted by Crippen LogP contribution is 2.46. The van der Waals surface area contributed by atoms with Crippen molar-refractivity contribution in [1.29, 1.82) is 0 Å². The number of amides is 4. The van der Waals surface area contributed by atoms with Crippen molar-refractivity contribution < 1.29 is 70.4 Å². The van der Waals surface area contributed by atoms with Crippen LogP contribution in [-0.4, -0.2) is 108 Å². The van der Waals surface area contributed by atoms with Crippen LogP contribution in [0.25, 0.3) is 45.0 Å². The summed E-state index contributed by atoms with van der Waals surface area (Å²) in [5.41, 5.74) is 18.1. The molecule has 0 atom stereocenters. The van der Waals surface area contributed by atoms with Gasteiger partial charge in [0.2, 0.25) is 23.6 Å². The lowest BCUT2D eigenvalue weighted by atomic mass is 10.0. The van der Waals surface area contributed by atoms with Crippen molar-refractivity contribution in [3.63, 3.8) is 0 Å². The Morgan fingerprint density at radius 2 is 0.607 bits per heavy atom. The van der Waals surface area contributed by atoms with Crippen LogP contribution in [0.15, 0.2) is 287 Å². The zero-order valence-electron chi connectivity index (χ0n) is 80.6. The summed E-state index contributed by atoms with van der Waals surface area (Å²) in [5, 5.41) is 13.1. The number of alkyl halides is 3. The van der Waals surface area contributed by atoms with Crippen LogP contribution in [-0.2, 0) is 117 Å². The highest BCUT2D eigenvalue weighted by atomic mass is 32.2. The summed E-state index contributed by atoms with van der Waals surface area (Å²) in [6.45, 7) is 18.4. The molecular formula is C113H115F4N13O12S8. The predicted molar refractivity (Wildman–Crippen MR) is 596 cm³/mol. The fraction of sp³-hybridized carbons (Fsp3) is 0.230. The van der Waals surface area contributed by atoms with E-state index in [-0.39, 0.29) is 81.7 Å². The van der Waals surface area contributed by atoms with E-state index in [2.05, 4.69) is 41.2 Å². The SMILES string of the molecule is C.C.C.C.Cc1ccccc1CC(=O)Nc1nc(-c2ccc3c(c2)CCN3S(=O)(=O)c2ccccc2C)c(C)s1.Cc1ccccc1S(=O)(=O)N1CCc2cc(-c3nc(NC(=O)Cc4cccc(F)c4)sc3C)ccc21.Cc1ccccc1S(=O)(=O)N1CCc2cc(-c3nc(NC(=O)Cc4ccccc4C(F)(F)F)sc3C)ccc21.Cc1ccccc1S(=O)(=O)N1CCc2cc(-c3nc(NC(=O)Cc4ccccn4)sc3C)ccc21. The Kier molecular flexibility index (Phi) is 35.6. The number of hydrogen-bond acceptors (Lipinski definition) is 21. The molecular weight excluding hydrogens is 2060 g/mol. The quantitative estimate of drug-likeness (QED) is 0.0408. The fourth-order valence-corrected chi connectivity index (χ4v) is 28.4. The molecule has 0 unspecified atom stereocenters. The maximum atomic E-state index is 13.4. The molecule has 25 nitrogen and oxygen atoms in total. The number of sulfonamides is 4. The van der Waals surface area contributed by atoms with Gasteiger partial charge in [-0.15, -0.1) is 45.3 Å². The van der Waals surface area contributed by atoms with Crippen LogP contribution in [0.3, 0.4) is 0 Å². The molecule has 780 valence electrons. The van der Waals surface area contributed by atoms with Crippen molar-refractivity contribution in [2.24, 2.45) is 0 Å². The van der Waals surface area contributed by atoms with Crippen molar-refractivity contribution in [3.8, 4) is 45.0 Å². The van der Waals surface area contributed by atoms with Gasteiger partial charge in [0.25, 0.3) is 40.1 Å². The Labute approximate surface area is 890 Å². The van der Waals surface area contributed by atoms with Crippen LogP contribution in [0.2, 0.25) is 0 Å². The first-order chi connectivity index (χ1) is 69.7. The molecule has 4 amide bonds. The van der Waals surface area contributed by atoms with Gasteiger partial charge in [0.05, 0.1) is 96.4 Å². The number of halogens is 4. The lowest BCUT2D eigenvalue weighted by molar-refractivity contribution is -0.138. The number of pyridine rings is 1. The molecule has 11 aromatic carbocycles. The van der Waals surface area contributed by atoms with Crippen LogP contribution in [0.4, 0.5) is 60.8 Å². The minimum absolute atomic E-state index is 0. The van der Waals surface area contributed by atoms with Crippen molar-refractivity contribution in [3.05, 3.63) is 370 Å². The summed E-state index contributed by atoms with van der Waals surface area (Å²) >= 11 is 5.44. The van der Waals surface area contributed by atoms with Gasteiger partial charge in [-0.1, -0.05) is 187 Å². The maximum absolute atomic E-state index is 13.4. The van der Waals surface area contributed by atoms with E-state index in [0.717, 1.165) is 109 Å². The van der Waals surface area contributed by atoms with Gasteiger partial charge in [0.1, 0.15) is 5.82 Å². The number of aromatic nitrogens is 5. The van der Waals surface area contributed by atoms with E-state index in [9.17, 15) is 70.4 Å².